The zero-order chi connectivity index (χ0) is 24.2. The Hall–Kier alpha value is -2.07. The summed E-state index contributed by atoms with van der Waals surface area (Å²) in [6.07, 6.45) is -0.834. The quantitative estimate of drug-likeness (QED) is 0.340. The second-order valence-electron chi connectivity index (χ2n) is 9.51. The Morgan fingerprint density at radius 1 is 1.24 bits per heavy atom. The number of carbonyl (C=O) groups is 2. The minimum absolute atomic E-state index is 0.192. The molecule has 1 aromatic carbocycles. The summed E-state index contributed by atoms with van der Waals surface area (Å²) in [5.41, 5.74) is 1.71. The van der Waals surface area contributed by atoms with Crippen LogP contribution in [0.1, 0.15) is 30.4 Å². The number of hydrogen-bond acceptors (Lipinski definition) is 6. The van der Waals surface area contributed by atoms with Crippen molar-refractivity contribution in [2.75, 3.05) is 36.5 Å². The molecule has 0 radical (unpaired) electrons. The second kappa shape index (κ2) is 10.5. The summed E-state index contributed by atoms with van der Waals surface area (Å²) < 4.78 is 12.2. The molecular formula is C23H32ClN3O4SSi. The van der Waals surface area contributed by atoms with Crippen LogP contribution in [-0.2, 0) is 9.16 Å². The molecule has 1 aliphatic heterocycles. The molecule has 0 aliphatic carbocycles. The zero-order valence-corrected chi connectivity index (χ0v) is 22.3. The van der Waals surface area contributed by atoms with Gasteiger partial charge in [-0.25, -0.2) is 4.79 Å². The molecule has 2 N–H and O–H groups in total. The summed E-state index contributed by atoms with van der Waals surface area (Å²) in [5, 5.41) is 6.35. The van der Waals surface area contributed by atoms with Crippen LogP contribution in [0.5, 0.6) is 0 Å². The SMILES string of the molecule is CC(C)(C)[Si](C)(C)OCCNc1ccc(N2C[C@H](CNC(=O)c3ccc(Cl)s3)OC2=O)cc1. The molecule has 1 aliphatic rings. The van der Waals surface area contributed by atoms with Gasteiger partial charge < -0.3 is 19.8 Å². The lowest BCUT2D eigenvalue weighted by atomic mass is 10.2. The first-order chi connectivity index (χ1) is 15.5. The van der Waals surface area contributed by atoms with E-state index in [-0.39, 0.29) is 17.5 Å². The maximum Gasteiger partial charge on any atom is 0.414 e. The van der Waals surface area contributed by atoms with Gasteiger partial charge in [0.05, 0.1) is 28.9 Å². The molecule has 2 heterocycles. The van der Waals surface area contributed by atoms with Crippen molar-refractivity contribution in [2.45, 2.75) is 45.0 Å². The molecule has 2 aromatic rings. The third kappa shape index (κ3) is 6.72. The normalized spacial score (nSPS) is 16.6. The molecule has 0 bridgehead atoms. The largest absolute Gasteiger partial charge is 0.442 e. The van der Waals surface area contributed by atoms with Crippen molar-refractivity contribution in [1.82, 2.24) is 5.32 Å². The van der Waals surface area contributed by atoms with Crippen molar-refractivity contribution in [2.24, 2.45) is 0 Å². The number of nitrogens with zero attached hydrogens (tertiary/aromatic N) is 1. The number of hydrogen-bond donors (Lipinski definition) is 2. The van der Waals surface area contributed by atoms with Gasteiger partial charge in [-0.2, -0.15) is 0 Å². The van der Waals surface area contributed by atoms with E-state index < -0.39 is 20.5 Å². The summed E-state index contributed by atoms with van der Waals surface area (Å²) in [7, 11) is -1.75. The molecule has 0 saturated carbocycles. The van der Waals surface area contributed by atoms with E-state index in [4.69, 9.17) is 20.8 Å². The highest BCUT2D eigenvalue weighted by Crippen LogP contribution is 2.36. The average Bonchev–Trinajstić information content (AvgIpc) is 3.34. The number of halogens is 1. The molecule has 0 spiro atoms. The molecule has 0 unspecified atom stereocenters. The number of anilines is 2. The van der Waals surface area contributed by atoms with Crippen LogP contribution in [0.4, 0.5) is 16.2 Å². The molecule has 1 fully saturated rings. The molecule has 180 valence electrons. The van der Waals surface area contributed by atoms with Crippen molar-refractivity contribution in [3.63, 3.8) is 0 Å². The van der Waals surface area contributed by atoms with Gasteiger partial charge in [-0.1, -0.05) is 32.4 Å². The van der Waals surface area contributed by atoms with Crippen LogP contribution in [0.3, 0.4) is 0 Å². The van der Waals surface area contributed by atoms with Gasteiger partial charge >= 0.3 is 6.09 Å². The van der Waals surface area contributed by atoms with E-state index in [1.807, 2.05) is 24.3 Å². The predicted molar refractivity (Wildman–Crippen MR) is 137 cm³/mol. The van der Waals surface area contributed by atoms with Gasteiger partial charge in [-0.15, -0.1) is 11.3 Å². The number of cyclic esters (lactones) is 1. The lowest BCUT2D eigenvalue weighted by Gasteiger charge is -2.36. The third-order valence-corrected chi connectivity index (χ3v) is 11.8. The number of carbonyl (C=O) groups excluding carboxylic acids is 2. The zero-order valence-electron chi connectivity index (χ0n) is 19.7. The maximum atomic E-state index is 12.3. The molecule has 7 nitrogen and oxygen atoms in total. The number of rotatable bonds is 9. The van der Waals surface area contributed by atoms with Crippen LogP contribution in [0.25, 0.3) is 0 Å². The minimum atomic E-state index is -1.75. The Bertz CT molecular complexity index is 975. The van der Waals surface area contributed by atoms with Crippen molar-refractivity contribution in [3.05, 3.63) is 45.6 Å². The van der Waals surface area contributed by atoms with E-state index in [1.165, 1.54) is 11.3 Å². The van der Waals surface area contributed by atoms with Crippen molar-refractivity contribution in [1.29, 1.82) is 0 Å². The van der Waals surface area contributed by atoms with E-state index in [9.17, 15) is 9.59 Å². The van der Waals surface area contributed by atoms with Crippen LogP contribution in [0.2, 0.25) is 22.5 Å². The lowest BCUT2D eigenvalue weighted by Crippen LogP contribution is -2.41. The fourth-order valence-electron chi connectivity index (χ4n) is 3.05. The fourth-order valence-corrected chi connectivity index (χ4v) is 5.05. The highest BCUT2D eigenvalue weighted by atomic mass is 35.5. The molecule has 1 saturated heterocycles. The van der Waals surface area contributed by atoms with E-state index >= 15 is 0 Å². The second-order valence-corrected chi connectivity index (χ2v) is 16.0. The van der Waals surface area contributed by atoms with Crippen LogP contribution in [0.15, 0.2) is 36.4 Å². The van der Waals surface area contributed by atoms with E-state index in [2.05, 4.69) is 44.5 Å². The third-order valence-electron chi connectivity index (χ3n) is 6.04. The number of thiophene rings is 1. The summed E-state index contributed by atoms with van der Waals surface area (Å²) in [5.74, 6) is -0.227. The monoisotopic (exact) mass is 509 g/mol. The summed E-state index contributed by atoms with van der Waals surface area (Å²) in [4.78, 5) is 26.6. The Labute approximate surface area is 205 Å². The topological polar surface area (TPSA) is 79.9 Å². The Balaban J connectivity index is 1.45. The fraction of sp³-hybridized carbons (Fsp3) is 0.478. The van der Waals surface area contributed by atoms with Gasteiger partial charge in [-0.05, 0) is 54.5 Å². The van der Waals surface area contributed by atoms with Gasteiger partial charge in [0.15, 0.2) is 8.32 Å². The van der Waals surface area contributed by atoms with Gasteiger partial charge in [0.1, 0.15) is 6.10 Å². The number of amides is 2. The van der Waals surface area contributed by atoms with Gasteiger partial charge in [0, 0.05) is 17.9 Å². The smallest absolute Gasteiger partial charge is 0.414 e. The van der Waals surface area contributed by atoms with Gasteiger partial charge in [0.2, 0.25) is 0 Å². The van der Waals surface area contributed by atoms with Crippen LogP contribution in [0, 0.1) is 0 Å². The average molecular weight is 510 g/mol. The van der Waals surface area contributed by atoms with Crippen LogP contribution >= 0.6 is 22.9 Å². The Kier molecular flexibility index (Phi) is 8.10. The van der Waals surface area contributed by atoms with E-state index in [0.29, 0.717) is 22.4 Å². The first-order valence-electron chi connectivity index (χ1n) is 11.0. The maximum absolute atomic E-state index is 12.3. The van der Waals surface area contributed by atoms with Gasteiger partial charge in [-0.3, -0.25) is 9.69 Å². The van der Waals surface area contributed by atoms with Crippen LogP contribution < -0.4 is 15.5 Å². The van der Waals surface area contributed by atoms with E-state index in [1.54, 1.807) is 17.0 Å². The van der Waals surface area contributed by atoms with Gasteiger partial charge in [0.25, 0.3) is 5.91 Å². The summed E-state index contributed by atoms with van der Waals surface area (Å²) >= 11 is 7.08. The van der Waals surface area contributed by atoms with E-state index in [0.717, 1.165) is 17.9 Å². The number of ether oxygens (including phenoxy) is 1. The number of nitrogens with one attached hydrogen (secondary N) is 2. The predicted octanol–water partition coefficient (Wildman–Crippen LogP) is 5.59. The molecule has 3 rings (SSSR count). The summed E-state index contributed by atoms with van der Waals surface area (Å²) in [6, 6.07) is 11.0. The standard InChI is InChI=1S/C23H32ClN3O4SSi/c1-23(2,3)33(4,5)30-13-12-25-16-6-8-17(9-7-16)27-15-18(31-22(27)29)14-26-21(28)19-10-11-20(24)32-19/h6-11,18,25H,12-15H2,1-5H3,(H,26,28)/t18-/m0/s1. The Morgan fingerprint density at radius 3 is 2.55 bits per heavy atom. The first-order valence-corrected chi connectivity index (χ1v) is 15.1. The van der Waals surface area contributed by atoms with Crippen LogP contribution in [-0.4, -0.2) is 52.7 Å². The molecule has 33 heavy (non-hydrogen) atoms. The van der Waals surface area contributed by atoms with Crippen molar-refractivity contribution >= 4 is 54.6 Å². The molecule has 1 atom stereocenters. The molecule has 10 heteroatoms. The molecule has 2 amide bonds. The lowest BCUT2D eigenvalue weighted by molar-refractivity contribution is 0.0920. The summed E-state index contributed by atoms with van der Waals surface area (Å²) in [6.45, 7) is 13.2. The highest BCUT2D eigenvalue weighted by Gasteiger charge is 2.37. The first kappa shape index (κ1) is 25.5. The molecule has 1 aromatic heterocycles. The number of benzene rings is 1. The minimum Gasteiger partial charge on any atom is -0.442 e. The Morgan fingerprint density at radius 2 is 1.94 bits per heavy atom. The highest BCUT2D eigenvalue weighted by molar-refractivity contribution is 7.18. The van der Waals surface area contributed by atoms with Crippen molar-refractivity contribution < 1.29 is 18.8 Å². The molecular weight excluding hydrogens is 478 g/mol. The van der Waals surface area contributed by atoms with Crippen molar-refractivity contribution in [3.8, 4) is 0 Å².